The van der Waals surface area contributed by atoms with Gasteiger partial charge in [0, 0.05) is 5.69 Å². The van der Waals surface area contributed by atoms with E-state index in [-0.39, 0.29) is 12.3 Å². The van der Waals surface area contributed by atoms with E-state index in [1.165, 1.54) is 14.0 Å². The first-order valence-corrected chi connectivity index (χ1v) is 9.15. The molecule has 0 fully saturated rings. The number of Topliss-reactive ketones (excluding diaryl/α,β-unsaturated/α-hetero) is 1. The minimum Gasteiger partial charge on any atom is -0.490 e. The first kappa shape index (κ1) is 22.0. The minimum atomic E-state index is -1.06. The van der Waals surface area contributed by atoms with Gasteiger partial charge >= 0.3 is 11.9 Å². The molecule has 0 aliphatic carbocycles. The third-order valence-electron chi connectivity index (χ3n) is 4.25. The molecule has 1 N–H and O–H groups in total. The molecule has 1 atom stereocenters. The van der Waals surface area contributed by atoms with Crippen molar-refractivity contribution < 1.29 is 33.3 Å². The van der Waals surface area contributed by atoms with Crippen LogP contribution in [0.5, 0.6) is 11.5 Å². The summed E-state index contributed by atoms with van der Waals surface area (Å²) < 4.78 is 20.8. The smallest absolute Gasteiger partial charge is 0.344 e. The van der Waals surface area contributed by atoms with Crippen LogP contribution in [0.2, 0.25) is 0 Å². The molecule has 2 rings (SSSR count). The number of carbonyl (C=O) groups excluding carboxylic acids is 3. The van der Waals surface area contributed by atoms with E-state index in [2.05, 4.69) is 4.98 Å². The Morgan fingerprint density at radius 2 is 1.69 bits per heavy atom. The number of benzene rings is 1. The molecular weight excluding hydrogens is 378 g/mol. The number of nitrogens with one attached hydrogen (secondary N) is 1. The molecule has 8 nitrogen and oxygen atoms in total. The van der Waals surface area contributed by atoms with Crippen molar-refractivity contribution in [3.63, 3.8) is 0 Å². The fraction of sp³-hybridized carbons (Fsp3) is 0.381. The number of carbonyl (C=O) groups is 3. The summed E-state index contributed by atoms with van der Waals surface area (Å²) in [6.07, 6.45) is -1.06. The van der Waals surface area contributed by atoms with Gasteiger partial charge in [0.05, 0.1) is 25.0 Å². The molecule has 1 aromatic carbocycles. The summed E-state index contributed by atoms with van der Waals surface area (Å²) in [5, 5.41) is 0. The van der Waals surface area contributed by atoms with E-state index in [9.17, 15) is 14.4 Å². The van der Waals surface area contributed by atoms with Crippen LogP contribution in [0, 0.1) is 13.8 Å². The predicted molar refractivity (Wildman–Crippen MR) is 105 cm³/mol. The van der Waals surface area contributed by atoms with Gasteiger partial charge in [-0.05, 0) is 45.4 Å². The minimum absolute atomic E-state index is 0.200. The second-order valence-electron chi connectivity index (χ2n) is 6.28. The molecule has 1 heterocycles. The van der Waals surface area contributed by atoms with E-state index in [0.717, 1.165) is 0 Å². The van der Waals surface area contributed by atoms with E-state index in [1.807, 2.05) is 6.92 Å². The number of rotatable bonds is 9. The zero-order valence-electron chi connectivity index (χ0n) is 17.2. The Labute approximate surface area is 169 Å². The second kappa shape index (κ2) is 9.77. The Bertz CT molecular complexity index is 900. The van der Waals surface area contributed by atoms with E-state index in [1.54, 1.807) is 38.1 Å². The standard InChI is InChI=1S/C21H25NO7/c1-6-27-15-9-7-8-10-16(15)28-11-17(23)29-14(4)20(24)19-12(2)18(13(3)22-19)21(25)26-5/h7-10,14,22H,6,11H2,1-5H3/t14-/m1/s1. The normalized spacial score (nSPS) is 11.5. The van der Waals surface area contributed by atoms with Gasteiger partial charge in [0.2, 0.25) is 5.78 Å². The molecule has 8 heteroatoms. The Kier molecular flexibility index (Phi) is 7.41. The first-order valence-electron chi connectivity index (χ1n) is 9.15. The van der Waals surface area contributed by atoms with Crippen molar-refractivity contribution in [3.05, 3.63) is 46.8 Å². The number of aromatic amines is 1. The Balaban J connectivity index is 2.01. The number of aromatic nitrogens is 1. The lowest BCUT2D eigenvalue weighted by atomic mass is 10.1. The number of ketones is 1. The van der Waals surface area contributed by atoms with Crippen LogP contribution in [0.1, 0.15) is 46.0 Å². The lowest BCUT2D eigenvalue weighted by Gasteiger charge is -2.14. The van der Waals surface area contributed by atoms with Crippen molar-refractivity contribution in [2.24, 2.45) is 0 Å². The van der Waals surface area contributed by atoms with Crippen molar-refractivity contribution in [1.29, 1.82) is 0 Å². The Hall–Kier alpha value is -3.29. The van der Waals surface area contributed by atoms with Crippen LogP contribution in [0.4, 0.5) is 0 Å². The molecule has 0 aliphatic heterocycles. The number of H-pyrrole nitrogens is 1. The molecule has 0 saturated heterocycles. The van der Waals surface area contributed by atoms with Gasteiger partial charge in [0.15, 0.2) is 24.2 Å². The molecule has 156 valence electrons. The van der Waals surface area contributed by atoms with Crippen LogP contribution < -0.4 is 9.47 Å². The zero-order valence-corrected chi connectivity index (χ0v) is 17.2. The van der Waals surface area contributed by atoms with Gasteiger partial charge in [-0.1, -0.05) is 12.1 Å². The van der Waals surface area contributed by atoms with E-state index < -0.39 is 23.8 Å². The summed E-state index contributed by atoms with van der Waals surface area (Å²) in [6.45, 7) is 6.68. The molecule has 29 heavy (non-hydrogen) atoms. The molecule has 0 radical (unpaired) electrons. The quantitative estimate of drug-likeness (QED) is 0.507. The molecular formula is C21H25NO7. The maximum absolute atomic E-state index is 12.7. The van der Waals surface area contributed by atoms with Crippen molar-refractivity contribution in [1.82, 2.24) is 4.98 Å². The lowest BCUT2D eigenvalue weighted by Crippen LogP contribution is -2.28. The highest BCUT2D eigenvalue weighted by atomic mass is 16.6. The fourth-order valence-corrected chi connectivity index (χ4v) is 2.87. The van der Waals surface area contributed by atoms with Gasteiger partial charge in [-0.2, -0.15) is 0 Å². The van der Waals surface area contributed by atoms with Crippen LogP contribution in [0.25, 0.3) is 0 Å². The van der Waals surface area contributed by atoms with Gasteiger partial charge in [0.25, 0.3) is 0 Å². The van der Waals surface area contributed by atoms with Crippen molar-refractivity contribution in [3.8, 4) is 11.5 Å². The summed E-state index contributed by atoms with van der Waals surface area (Å²) in [7, 11) is 1.27. The summed E-state index contributed by atoms with van der Waals surface area (Å²) in [6, 6.07) is 6.95. The van der Waals surface area contributed by atoms with Crippen LogP contribution >= 0.6 is 0 Å². The van der Waals surface area contributed by atoms with Crippen LogP contribution in [0.3, 0.4) is 0 Å². The van der Waals surface area contributed by atoms with Gasteiger partial charge in [-0.25, -0.2) is 9.59 Å². The number of para-hydroxylation sites is 2. The number of esters is 2. The average molecular weight is 403 g/mol. The molecule has 0 bridgehead atoms. The number of hydrogen-bond donors (Lipinski definition) is 1. The van der Waals surface area contributed by atoms with Crippen LogP contribution in [-0.2, 0) is 14.3 Å². The SMILES string of the molecule is CCOc1ccccc1OCC(=O)O[C@H](C)C(=O)c1[nH]c(C)c(C(=O)OC)c1C. The molecule has 0 spiro atoms. The monoisotopic (exact) mass is 403 g/mol. The molecule has 1 aromatic heterocycles. The van der Waals surface area contributed by atoms with Gasteiger partial charge in [-0.15, -0.1) is 0 Å². The number of hydrogen-bond acceptors (Lipinski definition) is 7. The third kappa shape index (κ3) is 5.16. The maximum atomic E-state index is 12.7. The Morgan fingerprint density at radius 1 is 1.07 bits per heavy atom. The number of methoxy groups -OCH3 is 1. The topological polar surface area (TPSA) is 104 Å². The molecule has 0 aliphatic rings. The van der Waals surface area contributed by atoms with Gasteiger partial charge in [-0.3, -0.25) is 4.79 Å². The van der Waals surface area contributed by atoms with Gasteiger partial charge < -0.3 is 23.9 Å². The molecule has 0 unspecified atom stereocenters. The summed E-state index contributed by atoms with van der Waals surface area (Å²) in [5.74, 6) is -0.778. The Morgan fingerprint density at radius 3 is 2.28 bits per heavy atom. The fourth-order valence-electron chi connectivity index (χ4n) is 2.87. The maximum Gasteiger partial charge on any atom is 0.344 e. The summed E-state index contributed by atoms with van der Waals surface area (Å²) >= 11 is 0. The molecule has 2 aromatic rings. The van der Waals surface area contributed by atoms with E-state index in [0.29, 0.717) is 34.9 Å². The highest BCUT2D eigenvalue weighted by Crippen LogP contribution is 2.26. The van der Waals surface area contributed by atoms with Crippen LogP contribution in [0.15, 0.2) is 24.3 Å². The second-order valence-corrected chi connectivity index (χ2v) is 6.28. The highest BCUT2D eigenvalue weighted by Gasteiger charge is 2.27. The van der Waals surface area contributed by atoms with Gasteiger partial charge in [0.1, 0.15) is 0 Å². The summed E-state index contributed by atoms with van der Waals surface area (Å²) in [5.41, 5.74) is 1.45. The summed E-state index contributed by atoms with van der Waals surface area (Å²) in [4.78, 5) is 39.5. The van der Waals surface area contributed by atoms with Crippen molar-refractivity contribution in [2.45, 2.75) is 33.8 Å². The van der Waals surface area contributed by atoms with E-state index >= 15 is 0 Å². The molecule has 0 amide bonds. The number of aryl methyl sites for hydroxylation is 1. The predicted octanol–water partition coefficient (Wildman–Crippen LogP) is 3.01. The molecule has 0 saturated carbocycles. The zero-order chi connectivity index (χ0) is 21.6. The lowest BCUT2D eigenvalue weighted by molar-refractivity contribution is -0.148. The van der Waals surface area contributed by atoms with Crippen molar-refractivity contribution in [2.75, 3.05) is 20.3 Å². The third-order valence-corrected chi connectivity index (χ3v) is 4.25. The van der Waals surface area contributed by atoms with Crippen LogP contribution in [-0.4, -0.2) is 49.1 Å². The largest absolute Gasteiger partial charge is 0.490 e. The van der Waals surface area contributed by atoms with Crippen molar-refractivity contribution >= 4 is 17.7 Å². The first-order chi connectivity index (χ1) is 13.8. The highest BCUT2D eigenvalue weighted by molar-refractivity contribution is 6.03. The number of ether oxygens (including phenoxy) is 4. The average Bonchev–Trinajstić information content (AvgIpc) is 3.00. The van der Waals surface area contributed by atoms with E-state index in [4.69, 9.17) is 18.9 Å².